The summed E-state index contributed by atoms with van der Waals surface area (Å²) in [6.07, 6.45) is 5.59. The number of carbonyl (C=O) groups is 2. The van der Waals surface area contributed by atoms with Gasteiger partial charge in [0.2, 0.25) is 5.91 Å². The fourth-order valence-electron chi connectivity index (χ4n) is 6.02. The number of nitrogens with zero attached hydrogens (tertiary/aromatic N) is 1. The Balaban J connectivity index is 1.61. The van der Waals surface area contributed by atoms with Crippen molar-refractivity contribution < 1.29 is 19.6 Å². The van der Waals surface area contributed by atoms with E-state index in [4.69, 9.17) is 11.6 Å². The first-order chi connectivity index (χ1) is 13.3. The van der Waals surface area contributed by atoms with E-state index < -0.39 is 28.8 Å². The largest absolute Gasteiger partial charge is 0.550 e. The molecule has 1 aromatic rings. The fourth-order valence-corrected chi connectivity index (χ4v) is 6.27. The van der Waals surface area contributed by atoms with Gasteiger partial charge in [-0.3, -0.25) is 14.9 Å². The van der Waals surface area contributed by atoms with Gasteiger partial charge in [-0.2, -0.15) is 0 Å². The molecule has 0 radical (unpaired) electrons. The highest BCUT2D eigenvalue weighted by molar-refractivity contribution is 6.31. The van der Waals surface area contributed by atoms with Gasteiger partial charge in [0.1, 0.15) is 0 Å². The van der Waals surface area contributed by atoms with Crippen molar-refractivity contribution in [3.8, 4) is 0 Å². The van der Waals surface area contributed by atoms with Crippen LogP contribution >= 0.6 is 11.6 Å². The van der Waals surface area contributed by atoms with Crippen LogP contribution in [0.15, 0.2) is 18.2 Å². The molecule has 0 unspecified atom stereocenters. The summed E-state index contributed by atoms with van der Waals surface area (Å²) in [5.74, 6) is 0.202. The SMILES string of the molecule is O=C([O-])C[C@@H](NC(=O)C12CC3CC(CC(C3)C1)C2)c1cc([N+](=O)[O-])ccc1Cl. The van der Waals surface area contributed by atoms with E-state index >= 15 is 0 Å². The molecule has 1 atom stereocenters. The molecule has 0 heterocycles. The zero-order valence-electron chi connectivity index (χ0n) is 15.4. The van der Waals surface area contributed by atoms with Crippen LogP contribution < -0.4 is 10.4 Å². The summed E-state index contributed by atoms with van der Waals surface area (Å²) < 4.78 is 0. The first-order valence-electron chi connectivity index (χ1n) is 9.70. The maximum absolute atomic E-state index is 13.3. The number of non-ortho nitro benzene ring substituents is 1. The first-order valence-corrected chi connectivity index (χ1v) is 10.1. The highest BCUT2D eigenvalue weighted by Crippen LogP contribution is 2.60. The summed E-state index contributed by atoms with van der Waals surface area (Å²) >= 11 is 6.19. The smallest absolute Gasteiger partial charge is 0.269 e. The second-order valence-electron chi connectivity index (χ2n) is 8.76. The summed E-state index contributed by atoms with van der Waals surface area (Å²) in [5.41, 5.74) is -0.420. The normalized spacial score (nSPS) is 31.4. The lowest BCUT2D eigenvalue weighted by Gasteiger charge is -2.55. The highest BCUT2D eigenvalue weighted by atomic mass is 35.5. The lowest BCUT2D eigenvalue weighted by Crippen LogP contribution is -2.54. The minimum Gasteiger partial charge on any atom is -0.550 e. The van der Waals surface area contributed by atoms with Gasteiger partial charge in [0, 0.05) is 40.5 Å². The molecule has 28 heavy (non-hydrogen) atoms. The zero-order valence-corrected chi connectivity index (χ0v) is 16.1. The Morgan fingerprint density at radius 1 is 1.18 bits per heavy atom. The molecule has 4 aliphatic carbocycles. The van der Waals surface area contributed by atoms with Crippen LogP contribution in [-0.2, 0) is 9.59 Å². The number of rotatable bonds is 6. The van der Waals surface area contributed by atoms with Gasteiger partial charge < -0.3 is 15.2 Å². The molecule has 0 aromatic heterocycles. The molecule has 4 saturated carbocycles. The van der Waals surface area contributed by atoms with Gasteiger partial charge in [-0.25, -0.2) is 0 Å². The van der Waals surface area contributed by atoms with Crippen molar-refractivity contribution in [1.29, 1.82) is 0 Å². The second-order valence-corrected chi connectivity index (χ2v) is 9.17. The molecule has 1 aromatic carbocycles. The molecule has 1 N–H and O–H groups in total. The number of carboxylic acid groups (broad SMARTS) is 1. The number of benzene rings is 1. The number of carboxylic acids is 1. The van der Waals surface area contributed by atoms with Gasteiger partial charge in [0.25, 0.3) is 5.69 Å². The third-order valence-corrected chi connectivity index (χ3v) is 7.11. The topological polar surface area (TPSA) is 112 Å². The lowest BCUT2D eigenvalue weighted by atomic mass is 9.49. The van der Waals surface area contributed by atoms with E-state index in [2.05, 4.69) is 5.32 Å². The minimum atomic E-state index is -1.35. The molecule has 0 spiro atoms. The van der Waals surface area contributed by atoms with E-state index in [0.29, 0.717) is 17.8 Å². The van der Waals surface area contributed by atoms with Crippen LogP contribution in [0.2, 0.25) is 5.02 Å². The average Bonchev–Trinajstić information content (AvgIpc) is 2.59. The van der Waals surface area contributed by atoms with Gasteiger partial charge >= 0.3 is 0 Å². The standard InChI is InChI=1S/C20H23ClN2O5/c21-16-2-1-14(23(27)28)6-15(16)17(7-18(24)25)22-19(26)20-8-11-3-12(9-20)5-13(4-11)10-20/h1-2,6,11-13,17H,3-5,7-10H2,(H,22,26)(H,24,25)/p-1/t11?,12?,13?,17-,20?/m1/s1. The first kappa shape index (κ1) is 19.2. The molecule has 1 amide bonds. The third-order valence-electron chi connectivity index (χ3n) is 6.76. The molecular weight excluding hydrogens is 384 g/mol. The number of aliphatic carboxylic acids is 1. The third kappa shape index (κ3) is 3.48. The van der Waals surface area contributed by atoms with E-state index in [0.717, 1.165) is 19.3 Å². The van der Waals surface area contributed by atoms with Crippen LogP contribution in [0, 0.1) is 33.3 Å². The van der Waals surface area contributed by atoms with Crippen molar-refractivity contribution >= 4 is 29.2 Å². The van der Waals surface area contributed by atoms with Gasteiger partial charge in [0.05, 0.1) is 11.0 Å². The molecule has 150 valence electrons. The quantitative estimate of drug-likeness (QED) is 0.577. The van der Waals surface area contributed by atoms with Gasteiger partial charge in [-0.05, 0) is 62.3 Å². The van der Waals surface area contributed by atoms with E-state index in [1.165, 1.54) is 37.5 Å². The fraction of sp³-hybridized carbons (Fsp3) is 0.600. The van der Waals surface area contributed by atoms with Gasteiger partial charge in [-0.1, -0.05) is 11.6 Å². The van der Waals surface area contributed by atoms with Gasteiger partial charge in [-0.15, -0.1) is 0 Å². The molecule has 0 aliphatic heterocycles. The highest BCUT2D eigenvalue weighted by Gasteiger charge is 2.54. The Morgan fingerprint density at radius 2 is 1.75 bits per heavy atom. The Hall–Kier alpha value is -2.15. The van der Waals surface area contributed by atoms with Crippen molar-refractivity contribution in [1.82, 2.24) is 5.32 Å². The van der Waals surface area contributed by atoms with Crippen LogP contribution in [0.25, 0.3) is 0 Å². The number of hydrogen-bond donors (Lipinski definition) is 1. The van der Waals surface area contributed by atoms with Crippen LogP contribution in [0.1, 0.15) is 56.6 Å². The lowest BCUT2D eigenvalue weighted by molar-refractivity contribution is -0.385. The number of amides is 1. The maximum Gasteiger partial charge on any atom is 0.269 e. The Labute approximate surface area is 167 Å². The van der Waals surface area contributed by atoms with E-state index in [1.807, 2.05) is 0 Å². The molecule has 8 heteroatoms. The van der Waals surface area contributed by atoms with E-state index in [9.17, 15) is 24.8 Å². The van der Waals surface area contributed by atoms with Crippen molar-refractivity contribution in [3.05, 3.63) is 38.9 Å². The summed E-state index contributed by atoms with van der Waals surface area (Å²) in [4.78, 5) is 35.1. The van der Waals surface area contributed by atoms with Crippen molar-refractivity contribution in [2.45, 2.75) is 51.0 Å². The zero-order chi connectivity index (χ0) is 20.1. The van der Waals surface area contributed by atoms with Crippen LogP contribution in [0.5, 0.6) is 0 Å². The molecule has 0 saturated heterocycles. The van der Waals surface area contributed by atoms with Crippen molar-refractivity contribution in [2.24, 2.45) is 23.2 Å². The molecular formula is C20H22ClN2O5-. The maximum atomic E-state index is 13.3. The molecule has 4 aliphatic rings. The Morgan fingerprint density at radius 3 is 2.25 bits per heavy atom. The van der Waals surface area contributed by atoms with Crippen molar-refractivity contribution in [3.63, 3.8) is 0 Å². The average molecular weight is 406 g/mol. The predicted molar refractivity (Wildman–Crippen MR) is 99.2 cm³/mol. The molecule has 4 bridgehead atoms. The van der Waals surface area contributed by atoms with Gasteiger partial charge in [0.15, 0.2) is 0 Å². The Kier molecular flexibility index (Phi) is 4.81. The summed E-state index contributed by atoms with van der Waals surface area (Å²) in [5, 5.41) is 25.5. The van der Waals surface area contributed by atoms with Crippen LogP contribution in [0.3, 0.4) is 0 Å². The number of hydrogen-bond acceptors (Lipinski definition) is 5. The summed E-state index contributed by atoms with van der Waals surface area (Å²) in [6, 6.07) is 2.88. The van der Waals surface area contributed by atoms with E-state index in [-0.39, 0.29) is 22.2 Å². The molecule has 5 rings (SSSR count). The van der Waals surface area contributed by atoms with Crippen LogP contribution in [-0.4, -0.2) is 16.8 Å². The minimum absolute atomic E-state index is 0.152. The predicted octanol–water partition coefficient (Wildman–Crippen LogP) is 2.76. The number of nitro benzene ring substituents is 1. The Bertz CT molecular complexity index is 805. The summed E-state index contributed by atoms with van der Waals surface area (Å²) in [6.45, 7) is 0. The molecule has 7 nitrogen and oxygen atoms in total. The summed E-state index contributed by atoms with van der Waals surface area (Å²) in [7, 11) is 0. The monoisotopic (exact) mass is 405 g/mol. The van der Waals surface area contributed by atoms with E-state index in [1.54, 1.807) is 0 Å². The number of nitrogens with one attached hydrogen (secondary N) is 1. The van der Waals surface area contributed by atoms with Crippen LogP contribution in [0.4, 0.5) is 5.69 Å². The second kappa shape index (κ2) is 7.03. The number of carbonyl (C=O) groups excluding carboxylic acids is 2. The van der Waals surface area contributed by atoms with Crippen molar-refractivity contribution in [2.75, 3.05) is 0 Å². The molecule has 4 fully saturated rings. The number of nitro groups is 1. The number of halogens is 1.